The number of hydrogen-bond donors (Lipinski definition) is 1. The molecule has 32 heavy (non-hydrogen) atoms. The Kier molecular flexibility index (Phi) is 7.76. The van der Waals surface area contributed by atoms with Gasteiger partial charge in [-0.1, -0.05) is 30.2 Å². The summed E-state index contributed by atoms with van der Waals surface area (Å²) >= 11 is 6.38. The number of likely N-dealkylation sites (tertiary alicyclic amines) is 1. The SMILES string of the molecule is COc1ccc(C(CNC(=O)Cc2cc(Cl)c3c(c2)OCCCO3)N2CCCCC2)cc1. The minimum absolute atomic E-state index is 0.0360. The van der Waals surface area contributed by atoms with Gasteiger partial charge in [-0.2, -0.15) is 0 Å². The number of rotatable bonds is 7. The molecule has 2 aliphatic rings. The van der Waals surface area contributed by atoms with Crippen molar-refractivity contribution in [2.24, 2.45) is 0 Å². The highest BCUT2D eigenvalue weighted by molar-refractivity contribution is 6.32. The van der Waals surface area contributed by atoms with E-state index in [2.05, 4.69) is 22.3 Å². The Morgan fingerprint density at radius 3 is 2.59 bits per heavy atom. The maximum atomic E-state index is 12.8. The fourth-order valence-electron chi connectivity index (χ4n) is 4.36. The molecule has 0 saturated carbocycles. The van der Waals surface area contributed by atoms with Crippen LogP contribution in [-0.2, 0) is 11.2 Å². The number of nitrogens with one attached hydrogen (secondary N) is 1. The Bertz CT molecular complexity index is 913. The average Bonchev–Trinajstić information content (AvgIpc) is 3.06. The van der Waals surface area contributed by atoms with Crippen LogP contribution >= 0.6 is 11.6 Å². The quantitative estimate of drug-likeness (QED) is 0.666. The summed E-state index contributed by atoms with van der Waals surface area (Å²) in [5.74, 6) is 1.98. The predicted octanol–water partition coefficient (Wildman–Crippen LogP) is 4.40. The lowest BCUT2D eigenvalue weighted by Gasteiger charge is -2.35. The van der Waals surface area contributed by atoms with E-state index >= 15 is 0 Å². The summed E-state index contributed by atoms with van der Waals surface area (Å²) in [4.78, 5) is 15.3. The van der Waals surface area contributed by atoms with Gasteiger partial charge in [-0.3, -0.25) is 9.69 Å². The fourth-order valence-corrected chi connectivity index (χ4v) is 4.65. The molecule has 0 bridgehead atoms. The van der Waals surface area contributed by atoms with Crippen molar-refractivity contribution in [2.75, 3.05) is 40.0 Å². The molecule has 1 atom stereocenters. The molecule has 172 valence electrons. The molecular formula is C25H31ClN2O4. The zero-order chi connectivity index (χ0) is 22.3. The van der Waals surface area contributed by atoms with E-state index in [-0.39, 0.29) is 18.4 Å². The molecule has 0 spiro atoms. The normalized spacial score (nSPS) is 17.3. The summed E-state index contributed by atoms with van der Waals surface area (Å²) < 4.78 is 16.7. The summed E-state index contributed by atoms with van der Waals surface area (Å²) in [6.07, 6.45) is 4.70. The highest BCUT2D eigenvalue weighted by Crippen LogP contribution is 2.38. The highest BCUT2D eigenvalue weighted by Gasteiger charge is 2.23. The van der Waals surface area contributed by atoms with Crippen molar-refractivity contribution in [3.63, 3.8) is 0 Å². The number of halogens is 1. The first-order chi connectivity index (χ1) is 15.6. The third-order valence-corrected chi connectivity index (χ3v) is 6.33. The molecule has 2 heterocycles. The second-order valence-corrected chi connectivity index (χ2v) is 8.73. The van der Waals surface area contributed by atoms with Gasteiger partial charge < -0.3 is 19.5 Å². The zero-order valence-corrected chi connectivity index (χ0v) is 19.3. The van der Waals surface area contributed by atoms with Crippen molar-refractivity contribution in [3.05, 3.63) is 52.5 Å². The number of carbonyl (C=O) groups is 1. The molecule has 1 saturated heterocycles. The molecule has 0 aromatic heterocycles. The van der Waals surface area contributed by atoms with Crippen molar-refractivity contribution in [1.82, 2.24) is 10.2 Å². The Balaban J connectivity index is 1.42. The first kappa shape index (κ1) is 22.7. The number of piperidine rings is 1. The van der Waals surface area contributed by atoms with Crippen molar-refractivity contribution in [2.45, 2.75) is 38.1 Å². The van der Waals surface area contributed by atoms with Crippen LogP contribution in [0.4, 0.5) is 0 Å². The van der Waals surface area contributed by atoms with Crippen molar-refractivity contribution < 1.29 is 19.0 Å². The number of hydrogen-bond acceptors (Lipinski definition) is 5. The fraction of sp³-hybridized carbons (Fsp3) is 0.480. The van der Waals surface area contributed by atoms with Crippen LogP contribution in [0, 0.1) is 0 Å². The van der Waals surface area contributed by atoms with Gasteiger partial charge in [0.2, 0.25) is 5.91 Å². The second-order valence-electron chi connectivity index (χ2n) is 8.32. The van der Waals surface area contributed by atoms with Crippen molar-refractivity contribution in [1.29, 1.82) is 0 Å². The number of carbonyl (C=O) groups excluding carboxylic acids is 1. The Morgan fingerprint density at radius 1 is 1.09 bits per heavy atom. The van der Waals surface area contributed by atoms with Crippen molar-refractivity contribution >= 4 is 17.5 Å². The molecule has 1 amide bonds. The largest absolute Gasteiger partial charge is 0.497 e. The van der Waals surface area contributed by atoms with Crippen LogP contribution < -0.4 is 19.5 Å². The van der Waals surface area contributed by atoms with E-state index in [1.165, 1.54) is 24.8 Å². The highest BCUT2D eigenvalue weighted by atomic mass is 35.5. The maximum absolute atomic E-state index is 12.8. The van der Waals surface area contributed by atoms with Crippen molar-refractivity contribution in [3.8, 4) is 17.2 Å². The molecule has 0 radical (unpaired) electrons. The minimum atomic E-state index is -0.0360. The van der Waals surface area contributed by atoms with E-state index in [0.29, 0.717) is 36.3 Å². The Labute approximate surface area is 194 Å². The van der Waals surface area contributed by atoms with Crippen LogP contribution in [0.5, 0.6) is 17.2 Å². The lowest BCUT2D eigenvalue weighted by molar-refractivity contribution is -0.120. The topological polar surface area (TPSA) is 60.0 Å². The van der Waals surface area contributed by atoms with E-state index in [9.17, 15) is 4.79 Å². The Hall–Kier alpha value is -2.44. The van der Waals surface area contributed by atoms with E-state index in [0.717, 1.165) is 30.8 Å². The minimum Gasteiger partial charge on any atom is -0.497 e. The second kappa shape index (κ2) is 10.9. The molecule has 1 N–H and O–H groups in total. The molecule has 2 aromatic rings. The maximum Gasteiger partial charge on any atom is 0.224 e. The number of methoxy groups -OCH3 is 1. The number of amides is 1. The van der Waals surface area contributed by atoms with Crippen LogP contribution in [-0.4, -0.2) is 50.8 Å². The lowest BCUT2D eigenvalue weighted by Crippen LogP contribution is -2.41. The third-order valence-electron chi connectivity index (χ3n) is 6.05. The summed E-state index contributed by atoms with van der Waals surface area (Å²) in [6, 6.07) is 11.9. The van der Waals surface area contributed by atoms with Gasteiger partial charge in [-0.05, 0) is 61.3 Å². The lowest BCUT2D eigenvalue weighted by atomic mass is 10.0. The van der Waals surface area contributed by atoms with Crippen LogP contribution in [0.1, 0.15) is 42.9 Å². The van der Waals surface area contributed by atoms with Crippen LogP contribution in [0.2, 0.25) is 5.02 Å². The predicted molar refractivity (Wildman–Crippen MR) is 125 cm³/mol. The van der Waals surface area contributed by atoms with E-state index in [4.69, 9.17) is 25.8 Å². The van der Waals surface area contributed by atoms with Gasteiger partial charge in [-0.15, -0.1) is 0 Å². The van der Waals surface area contributed by atoms with Crippen LogP contribution in [0.15, 0.2) is 36.4 Å². The monoisotopic (exact) mass is 458 g/mol. The van der Waals surface area contributed by atoms with Gasteiger partial charge in [0.1, 0.15) is 5.75 Å². The Morgan fingerprint density at radius 2 is 1.84 bits per heavy atom. The van der Waals surface area contributed by atoms with Gasteiger partial charge in [0.05, 0.1) is 37.8 Å². The standard InChI is InChI=1S/C25H31ClN2O4/c1-30-20-8-6-19(7-9-20)22(28-10-3-2-4-11-28)17-27-24(29)16-18-14-21(26)25-23(15-18)31-12-5-13-32-25/h6-9,14-15,22H,2-5,10-13,16-17H2,1H3,(H,27,29). The smallest absolute Gasteiger partial charge is 0.224 e. The summed E-state index contributed by atoms with van der Waals surface area (Å²) in [7, 11) is 1.67. The van der Waals surface area contributed by atoms with E-state index in [1.807, 2.05) is 18.2 Å². The average molecular weight is 459 g/mol. The number of ether oxygens (including phenoxy) is 3. The molecule has 2 aliphatic heterocycles. The third kappa shape index (κ3) is 5.67. The van der Waals surface area contributed by atoms with Gasteiger partial charge >= 0.3 is 0 Å². The molecule has 6 nitrogen and oxygen atoms in total. The molecular weight excluding hydrogens is 428 g/mol. The number of benzene rings is 2. The number of fused-ring (bicyclic) bond motifs is 1. The van der Waals surface area contributed by atoms with E-state index in [1.54, 1.807) is 13.2 Å². The van der Waals surface area contributed by atoms with Crippen LogP contribution in [0.25, 0.3) is 0 Å². The summed E-state index contributed by atoms with van der Waals surface area (Å²) in [5.41, 5.74) is 2.00. The molecule has 4 rings (SSSR count). The molecule has 1 unspecified atom stereocenters. The first-order valence-electron chi connectivity index (χ1n) is 11.4. The number of nitrogens with zero attached hydrogens (tertiary/aromatic N) is 1. The first-order valence-corrected chi connectivity index (χ1v) is 11.7. The van der Waals surface area contributed by atoms with Gasteiger partial charge in [0.25, 0.3) is 0 Å². The van der Waals surface area contributed by atoms with E-state index < -0.39 is 0 Å². The molecule has 0 aliphatic carbocycles. The molecule has 2 aromatic carbocycles. The molecule has 1 fully saturated rings. The summed E-state index contributed by atoms with van der Waals surface area (Å²) in [6.45, 7) is 3.81. The zero-order valence-electron chi connectivity index (χ0n) is 18.6. The van der Waals surface area contributed by atoms with Gasteiger partial charge in [0, 0.05) is 13.0 Å². The van der Waals surface area contributed by atoms with Crippen LogP contribution in [0.3, 0.4) is 0 Å². The van der Waals surface area contributed by atoms with Gasteiger partial charge in [0.15, 0.2) is 11.5 Å². The summed E-state index contributed by atoms with van der Waals surface area (Å²) in [5, 5.41) is 3.62. The molecule has 7 heteroatoms. The van der Waals surface area contributed by atoms with Gasteiger partial charge in [-0.25, -0.2) is 0 Å².